The summed E-state index contributed by atoms with van der Waals surface area (Å²) in [6.07, 6.45) is 0.708. The summed E-state index contributed by atoms with van der Waals surface area (Å²) in [6, 6.07) is 16.6. The number of sulfonamides is 1. The number of ether oxygens (including phenoxy) is 1. The standard InChI is InChI=1S/C17H22N2O3S/c1-19(15-9-4-3-5-10-15)14-8-13-18-23(20,21)17-12-7-6-11-16(17)22-2/h3-7,9-12,18H,8,13-14H2,1-2H3. The highest BCUT2D eigenvalue weighted by atomic mass is 32.2. The van der Waals surface area contributed by atoms with Gasteiger partial charge in [0.15, 0.2) is 0 Å². The second-order valence-electron chi connectivity index (χ2n) is 5.16. The van der Waals surface area contributed by atoms with Gasteiger partial charge >= 0.3 is 0 Å². The van der Waals surface area contributed by atoms with Gasteiger partial charge in [0.2, 0.25) is 10.0 Å². The summed E-state index contributed by atoms with van der Waals surface area (Å²) in [5.41, 5.74) is 1.11. The van der Waals surface area contributed by atoms with E-state index >= 15 is 0 Å². The van der Waals surface area contributed by atoms with Crippen molar-refractivity contribution >= 4 is 15.7 Å². The second-order valence-corrected chi connectivity index (χ2v) is 6.89. The van der Waals surface area contributed by atoms with Gasteiger partial charge in [0.25, 0.3) is 0 Å². The largest absolute Gasteiger partial charge is 0.495 e. The molecule has 0 amide bonds. The summed E-state index contributed by atoms with van der Waals surface area (Å²) in [7, 11) is -0.108. The summed E-state index contributed by atoms with van der Waals surface area (Å²) in [5, 5.41) is 0. The Bertz CT molecular complexity index is 718. The lowest BCUT2D eigenvalue weighted by molar-refractivity contribution is 0.402. The van der Waals surface area contributed by atoms with Crippen molar-refractivity contribution in [2.24, 2.45) is 0 Å². The minimum Gasteiger partial charge on any atom is -0.495 e. The molecule has 0 saturated heterocycles. The van der Waals surface area contributed by atoms with E-state index in [1.807, 2.05) is 37.4 Å². The summed E-state index contributed by atoms with van der Waals surface area (Å²) in [4.78, 5) is 2.26. The first kappa shape index (κ1) is 17.3. The molecule has 0 bridgehead atoms. The molecule has 2 rings (SSSR count). The molecule has 124 valence electrons. The average molecular weight is 334 g/mol. The van der Waals surface area contributed by atoms with Crippen LogP contribution in [0.2, 0.25) is 0 Å². The molecule has 0 aromatic heterocycles. The Morgan fingerprint density at radius 3 is 2.39 bits per heavy atom. The first-order chi connectivity index (χ1) is 11.0. The first-order valence-corrected chi connectivity index (χ1v) is 8.92. The zero-order valence-corrected chi connectivity index (χ0v) is 14.2. The third-order valence-electron chi connectivity index (χ3n) is 3.52. The van der Waals surface area contributed by atoms with Gasteiger partial charge in [-0.1, -0.05) is 30.3 Å². The maximum absolute atomic E-state index is 12.3. The number of para-hydroxylation sites is 2. The Morgan fingerprint density at radius 1 is 1.04 bits per heavy atom. The van der Waals surface area contributed by atoms with Crippen molar-refractivity contribution in [2.75, 3.05) is 32.1 Å². The Kier molecular flexibility index (Phi) is 6.01. The molecule has 2 aromatic rings. The Morgan fingerprint density at radius 2 is 1.70 bits per heavy atom. The van der Waals surface area contributed by atoms with E-state index in [1.54, 1.807) is 18.2 Å². The molecule has 5 nitrogen and oxygen atoms in total. The molecular formula is C17H22N2O3S. The summed E-state index contributed by atoms with van der Waals surface area (Å²) >= 11 is 0. The molecule has 0 spiro atoms. The third-order valence-corrected chi connectivity index (χ3v) is 5.02. The van der Waals surface area contributed by atoms with Gasteiger partial charge in [0, 0.05) is 25.8 Å². The molecule has 23 heavy (non-hydrogen) atoms. The molecule has 6 heteroatoms. The second kappa shape index (κ2) is 7.99. The zero-order chi connectivity index (χ0) is 16.7. The molecule has 2 aromatic carbocycles. The average Bonchev–Trinajstić information content (AvgIpc) is 2.59. The lowest BCUT2D eigenvalue weighted by Gasteiger charge is -2.19. The summed E-state index contributed by atoms with van der Waals surface area (Å²) in [5.74, 6) is 0.349. The maximum Gasteiger partial charge on any atom is 0.244 e. The van der Waals surface area contributed by atoms with Crippen molar-refractivity contribution in [1.29, 1.82) is 0 Å². The number of nitrogens with zero attached hydrogens (tertiary/aromatic N) is 1. The van der Waals surface area contributed by atoms with Gasteiger partial charge < -0.3 is 9.64 Å². The minimum atomic E-state index is -3.56. The zero-order valence-electron chi connectivity index (χ0n) is 13.4. The minimum absolute atomic E-state index is 0.166. The quantitative estimate of drug-likeness (QED) is 0.754. The molecular weight excluding hydrogens is 312 g/mol. The van der Waals surface area contributed by atoms with E-state index in [0.717, 1.165) is 12.2 Å². The first-order valence-electron chi connectivity index (χ1n) is 7.43. The van der Waals surface area contributed by atoms with Crippen molar-refractivity contribution in [3.8, 4) is 5.75 Å². The highest BCUT2D eigenvalue weighted by Crippen LogP contribution is 2.22. The van der Waals surface area contributed by atoms with Crippen LogP contribution in [0.25, 0.3) is 0 Å². The number of rotatable bonds is 8. The fraction of sp³-hybridized carbons (Fsp3) is 0.294. The predicted molar refractivity (Wildman–Crippen MR) is 92.5 cm³/mol. The number of benzene rings is 2. The molecule has 0 aliphatic carbocycles. The van der Waals surface area contributed by atoms with E-state index in [2.05, 4.69) is 9.62 Å². The van der Waals surface area contributed by atoms with Crippen LogP contribution in [0.5, 0.6) is 5.75 Å². The van der Waals surface area contributed by atoms with Crippen molar-refractivity contribution in [2.45, 2.75) is 11.3 Å². The van der Waals surface area contributed by atoms with Crippen molar-refractivity contribution in [1.82, 2.24) is 4.72 Å². The third kappa shape index (κ3) is 4.71. The molecule has 0 unspecified atom stereocenters. The van der Waals surface area contributed by atoms with Gasteiger partial charge in [-0.05, 0) is 30.7 Å². The van der Waals surface area contributed by atoms with Crippen molar-refractivity contribution < 1.29 is 13.2 Å². The van der Waals surface area contributed by atoms with Crippen LogP contribution in [-0.2, 0) is 10.0 Å². The lowest BCUT2D eigenvalue weighted by atomic mass is 10.3. The maximum atomic E-state index is 12.3. The number of hydrogen-bond donors (Lipinski definition) is 1. The van der Waals surface area contributed by atoms with Crippen LogP contribution in [0.1, 0.15) is 6.42 Å². The van der Waals surface area contributed by atoms with E-state index in [-0.39, 0.29) is 4.90 Å². The molecule has 1 N–H and O–H groups in total. The van der Waals surface area contributed by atoms with Gasteiger partial charge in [0.05, 0.1) is 7.11 Å². The molecule has 0 radical (unpaired) electrons. The van der Waals surface area contributed by atoms with E-state index in [9.17, 15) is 8.42 Å². The number of nitrogens with one attached hydrogen (secondary N) is 1. The van der Waals surface area contributed by atoms with Gasteiger partial charge in [-0.15, -0.1) is 0 Å². The van der Waals surface area contributed by atoms with Crippen LogP contribution >= 0.6 is 0 Å². The predicted octanol–water partition coefficient (Wildman–Crippen LogP) is 2.50. The molecule has 0 heterocycles. The summed E-state index contributed by atoms with van der Waals surface area (Å²) < 4.78 is 32.4. The highest BCUT2D eigenvalue weighted by Gasteiger charge is 2.18. The monoisotopic (exact) mass is 334 g/mol. The number of hydrogen-bond acceptors (Lipinski definition) is 4. The number of methoxy groups -OCH3 is 1. The van der Waals surface area contributed by atoms with Gasteiger partial charge in [-0.2, -0.15) is 0 Å². The smallest absolute Gasteiger partial charge is 0.244 e. The van der Waals surface area contributed by atoms with Crippen LogP contribution in [0.15, 0.2) is 59.5 Å². The van der Waals surface area contributed by atoms with Crippen molar-refractivity contribution in [3.63, 3.8) is 0 Å². The molecule has 0 fully saturated rings. The van der Waals surface area contributed by atoms with E-state index in [0.29, 0.717) is 18.7 Å². The normalized spacial score (nSPS) is 11.2. The lowest BCUT2D eigenvalue weighted by Crippen LogP contribution is -2.28. The van der Waals surface area contributed by atoms with Gasteiger partial charge in [-0.25, -0.2) is 13.1 Å². The van der Waals surface area contributed by atoms with E-state index in [4.69, 9.17) is 4.74 Å². The van der Waals surface area contributed by atoms with Crippen LogP contribution in [0.4, 0.5) is 5.69 Å². The van der Waals surface area contributed by atoms with Crippen LogP contribution in [-0.4, -0.2) is 35.7 Å². The topological polar surface area (TPSA) is 58.6 Å². The number of anilines is 1. The molecule has 0 saturated carbocycles. The highest BCUT2D eigenvalue weighted by molar-refractivity contribution is 7.89. The van der Waals surface area contributed by atoms with Gasteiger partial charge in [0.1, 0.15) is 10.6 Å². The van der Waals surface area contributed by atoms with Crippen molar-refractivity contribution in [3.05, 3.63) is 54.6 Å². The van der Waals surface area contributed by atoms with Crippen LogP contribution in [0, 0.1) is 0 Å². The van der Waals surface area contributed by atoms with Crippen LogP contribution < -0.4 is 14.4 Å². The SMILES string of the molecule is COc1ccccc1S(=O)(=O)NCCCN(C)c1ccccc1. The molecule has 0 atom stereocenters. The van der Waals surface area contributed by atoms with E-state index < -0.39 is 10.0 Å². The fourth-order valence-corrected chi connectivity index (χ4v) is 3.50. The Labute approximate surface area is 137 Å². The van der Waals surface area contributed by atoms with E-state index in [1.165, 1.54) is 13.2 Å². The Hall–Kier alpha value is -2.05. The summed E-state index contributed by atoms with van der Waals surface area (Å²) in [6.45, 7) is 1.13. The fourth-order valence-electron chi connectivity index (χ4n) is 2.25. The Balaban J connectivity index is 1.88. The molecule has 0 aliphatic heterocycles. The molecule has 0 aliphatic rings. The van der Waals surface area contributed by atoms with Gasteiger partial charge in [-0.3, -0.25) is 0 Å². The van der Waals surface area contributed by atoms with Crippen LogP contribution in [0.3, 0.4) is 0 Å².